The Bertz CT molecular complexity index is 857. The van der Waals surface area contributed by atoms with Crippen molar-refractivity contribution in [3.05, 3.63) is 59.1 Å². The number of aromatic nitrogens is 1. The molecule has 5 heteroatoms. The van der Waals surface area contributed by atoms with Gasteiger partial charge in [0.1, 0.15) is 0 Å². The molecule has 1 aromatic heterocycles. The largest absolute Gasteiger partial charge is 0.370 e. The third kappa shape index (κ3) is 5.54. The fourth-order valence-corrected chi connectivity index (χ4v) is 4.15. The number of benzene rings is 2. The Kier molecular flexibility index (Phi) is 6.82. The molecular formula is C22H27N3OS. The van der Waals surface area contributed by atoms with Gasteiger partial charge in [-0.2, -0.15) is 0 Å². The van der Waals surface area contributed by atoms with E-state index in [2.05, 4.69) is 59.4 Å². The predicted octanol–water partition coefficient (Wildman–Crippen LogP) is 4.57. The number of thiazole rings is 1. The molecule has 0 bridgehead atoms. The zero-order chi connectivity index (χ0) is 19.1. The predicted molar refractivity (Wildman–Crippen MR) is 115 cm³/mol. The molecule has 0 aliphatic carbocycles. The summed E-state index contributed by atoms with van der Waals surface area (Å²) in [6.45, 7) is 6.66. The molecule has 1 heterocycles. The van der Waals surface area contributed by atoms with Gasteiger partial charge in [0, 0.05) is 31.7 Å². The van der Waals surface area contributed by atoms with Gasteiger partial charge in [0.15, 0.2) is 0 Å². The van der Waals surface area contributed by atoms with Crippen LogP contribution in [-0.2, 0) is 11.2 Å². The Hall–Kier alpha value is -2.40. The molecule has 0 atom stereocenters. The van der Waals surface area contributed by atoms with Gasteiger partial charge in [0.2, 0.25) is 5.91 Å². The van der Waals surface area contributed by atoms with Gasteiger partial charge in [0.25, 0.3) is 0 Å². The van der Waals surface area contributed by atoms with E-state index in [0.29, 0.717) is 13.0 Å². The number of hydrogen-bond donors (Lipinski definition) is 1. The van der Waals surface area contributed by atoms with Gasteiger partial charge in [-0.1, -0.05) is 24.3 Å². The molecule has 0 saturated heterocycles. The minimum atomic E-state index is 0.122. The van der Waals surface area contributed by atoms with Gasteiger partial charge in [-0.25, -0.2) is 4.98 Å². The molecular weight excluding hydrogens is 354 g/mol. The van der Waals surface area contributed by atoms with Gasteiger partial charge in [-0.05, 0) is 56.5 Å². The van der Waals surface area contributed by atoms with Gasteiger partial charge in [-0.15, -0.1) is 11.3 Å². The highest BCUT2D eigenvalue weighted by Crippen LogP contribution is 2.22. The number of rotatable bonds is 9. The van der Waals surface area contributed by atoms with Gasteiger partial charge >= 0.3 is 0 Å². The summed E-state index contributed by atoms with van der Waals surface area (Å²) < 4.78 is 1.22. The van der Waals surface area contributed by atoms with Gasteiger partial charge in [0.05, 0.1) is 15.2 Å². The van der Waals surface area contributed by atoms with Crippen molar-refractivity contribution in [3.8, 4) is 0 Å². The molecule has 0 saturated carbocycles. The maximum Gasteiger partial charge on any atom is 0.220 e. The fraction of sp³-hybridized carbons (Fsp3) is 0.364. The molecule has 27 heavy (non-hydrogen) atoms. The molecule has 2 aromatic carbocycles. The number of fused-ring (bicyclic) bond motifs is 1. The first kappa shape index (κ1) is 19.4. The van der Waals surface area contributed by atoms with Crippen LogP contribution in [0.2, 0.25) is 0 Å². The molecule has 0 spiro atoms. The fourth-order valence-electron chi connectivity index (χ4n) is 3.14. The van der Waals surface area contributed by atoms with Crippen molar-refractivity contribution >= 4 is 33.1 Å². The molecule has 0 radical (unpaired) electrons. The van der Waals surface area contributed by atoms with E-state index >= 15 is 0 Å². The Balaban J connectivity index is 1.39. The number of para-hydroxylation sites is 1. The molecule has 4 nitrogen and oxygen atoms in total. The van der Waals surface area contributed by atoms with Gasteiger partial charge < -0.3 is 10.2 Å². The SMILES string of the molecule is CCN(CCNC(=O)CCCc1nc2ccccc2s1)c1cccc(C)c1. The Labute approximate surface area is 165 Å². The molecule has 0 aliphatic heterocycles. The van der Waals surface area contributed by atoms with Crippen molar-refractivity contribution in [1.29, 1.82) is 0 Å². The van der Waals surface area contributed by atoms with Crippen molar-refractivity contribution in [3.63, 3.8) is 0 Å². The van der Waals surface area contributed by atoms with Crippen LogP contribution >= 0.6 is 11.3 Å². The van der Waals surface area contributed by atoms with Crippen molar-refractivity contribution < 1.29 is 4.79 Å². The quantitative estimate of drug-likeness (QED) is 0.590. The van der Waals surface area contributed by atoms with Crippen LogP contribution in [0.1, 0.15) is 30.3 Å². The average Bonchev–Trinajstić information content (AvgIpc) is 3.08. The number of aryl methyl sites for hydroxylation is 2. The third-order valence-electron chi connectivity index (χ3n) is 4.59. The van der Waals surface area contributed by atoms with Crippen LogP contribution < -0.4 is 10.2 Å². The molecule has 0 aliphatic rings. The number of carbonyl (C=O) groups is 1. The lowest BCUT2D eigenvalue weighted by Gasteiger charge is -2.23. The van der Waals surface area contributed by atoms with Crippen molar-refractivity contribution in [1.82, 2.24) is 10.3 Å². The van der Waals surface area contributed by atoms with E-state index < -0.39 is 0 Å². The number of carbonyl (C=O) groups excluding carboxylic acids is 1. The summed E-state index contributed by atoms with van der Waals surface area (Å²) in [5.74, 6) is 0.122. The van der Waals surface area contributed by atoms with Crippen LogP contribution in [0.4, 0.5) is 5.69 Å². The second-order valence-corrected chi connectivity index (χ2v) is 7.81. The molecule has 1 N–H and O–H groups in total. The lowest BCUT2D eigenvalue weighted by Crippen LogP contribution is -2.34. The van der Waals surface area contributed by atoms with Crippen molar-refractivity contribution in [2.75, 3.05) is 24.5 Å². The van der Waals surface area contributed by atoms with Crippen molar-refractivity contribution in [2.45, 2.75) is 33.1 Å². The molecule has 0 unspecified atom stereocenters. The number of likely N-dealkylation sites (N-methyl/N-ethyl adjacent to an activating group) is 1. The van der Waals surface area contributed by atoms with E-state index in [9.17, 15) is 4.79 Å². The van der Waals surface area contributed by atoms with Crippen LogP contribution in [0.3, 0.4) is 0 Å². The summed E-state index contributed by atoms with van der Waals surface area (Å²) in [6.07, 6.45) is 2.24. The van der Waals surface area contributed by atoms with E-state index in [4.69, 9.17) is 0 Å². The molecule has 3 aromatic rings. The molecule has 3 rings (SSSR count). The van der Waals surface area contributed by atoms with Crippen LogP contribution in [0.15, 0.2) is 48.5 Å². The minimum absolute atomic E-state index is 0.122. The summed E-state index contributed by atoms with van der Waals surface area (Å²) in [7, 11) is 0. The zero-order valence-electron chi connectivity index (χ0n) is 16.1. The van der Waals surface area contributed by atoms with E-state index in [1.807, 2.05) is 18.2 Å². The highest BCUT2D eigenvalue weighted by atomic mass is 32.1. The highest BCUT2D eigenvalue weighted by Gasteiger charge is 2.07. The van der Waals surface area contributed by atoms with Crippen LogP contribution in [0.25, 0.3) is 10.2 Å². The van der Waals surface area contributed by atoms with Crippen LogP contribution in [0, 0.1) is 6.92 Å². The van der Waals surface area contributed by atoms with Crippen LogP contribution in [-0.4, -0.2) is 30.5 Å². The maximum atomic E-state index is 12.1. The first-order chi connectivity index (χ1) is 13.2. The number of nitrogens with zero attached hydrogens (tertiary/aromatic N) is 2. The van der Waals surface area contributed by atoms with Crippen LogP contribution in [0.5, 0.6) is 0 Å². The monoisotopic (exact) mass is 381 g/mol. The third-order valence-corrected chi connectivity index (χ3v) is 5.68. The Morgan fingerprint density at radius 3 is 2.81 bits per heavy atom. The van der Waals surface area contributed by atoms with E-state index in [1.165, 1.54) is 16.0 Å². The second-order valence-electron chi connectivity index (χ2n) is 6.70. The first-order valence-corrected chi connectivity index (χ1v) is 10.4. The van der Waals surface area contributed by atoms with E-state index in [0.717, 1.165) is 36.5 Å². The highest BCUT2D eigenvalue weighted by molar-refractivity contribution is 7.18. The number of amides is 1. The summed E-state index contributed by atoms with van der Waals surface area (Å²) >= 11 is 1.72. The lowest BCUT2D eigenvalue weighted by molar-refractivity contribution is -0.121. The summed E-state index contributed by atoms with van der Waals surface area (Å²) in [4.78, 5) is 19.0. The van der Waals surface area contributed by atoms with E-state index in [1.54, 1.807) is 11.3 Å². The molecule has 0 fully saturated rings. The Morgan fingerprint density at radius 1 is 1.19 bits per heavy atom. The topological polar surface area (TPSA) is 45.2 Å². The summed E-state index contributed by atoms with van der Waals surface area (Å²) in [5.41, 5.74) is 3.52. The average molecular weight is 382 g/mol. The number of hydrogen-bond acceptors (Lipinski definition) is 4. The summed E-state index contributed by atoms with van der Waals surface area (Å²) in [5, 5.41) is 4.16. The Morgan fingerprint density at radius 2 is 2.04 bits per heavy atom. The molecule has 1 amide bonds. The van der Waals surface area contributed by atoms with E-state index in [-0.39, 0.29) is 5.91 Å². The number of anilines is 1. The summed E-state index contributed by atoms with van der Waals surface area (Å²) in [6, 6.07) is 16.7. The minimum Gasteiger partial charge on any atom is -0.370 e. The molecule has 142 valence electrons. The standard InChI is InChI=1S/C22H27N3OS/c1-3-25(18-9-6-8-17(2)16-18)15-14-23-21(26)12-7-13-22-24-19-10-4-5-11-20(19)27-22/h4-6,8-11,16H,3,7,12-15H2,1-2H3,(H,23,26). The zero-order valence-corrected chi connectivity index (χ0v) is 16.9. The normalized spacial score (nSPS) is 10.9. The maximum absolute atomic E-state index is 12.1. The number of nitrogens with one attached hydrogen (secondary N) is 1. The second kappa shape index (κ2) is 9.51. The van der Waals surface area contributed by atoms with Crippen molar-refractivity contribution in [2.24, 2.45) is 0 Å². The van der Waals surface area contributed by atoms with Gasteiger partial charge in [-0.3, -0.25) is 4.79 Å². The smallest absolute Gasteiger partial charge is 0.220 e. The lowest BCUT2D eigenvalue weighted by atomic mass is 10.2. The first-order valence-electron chi connectivity index (χ1n) is 9.58.